The molecule has 0 spiro atoms. The first-order valence-corrected chi connectivity index (χ1v) is 14.2. The smallest absolute Gasteiger partial charge is 0.254 e. The fourth-order valence-electron chi connectivity index (χ4n) is 5.08. The molecule has 0 aliphatic carbocycles. The van der Waals surface area contributed by atoms with E-state index in [1.807, 2.05) is 85.6 Å². The van der Waals surface area contributed by atoms with Crippen LogP contribution < -0.4 is 14.2 Å². The number of hydrogen-bond donors (Lipinski definition) is 0. The summed E-state index contributed by atoms with van der Waals surface area (Å²) < 4.78 is 18.4. The molecule has 42 heavy (non-hydrogen) atoms. The Bertz CT molecular complexity index is 1510. The van der Waals surface area contributed by atoms with Gasteiger partial charge in [-0.25, -0.2) is 0 Å². The van der Waals surface area contributed by atoms with E-state index in [1.54, 1.807) is 30.2 Å². The number of methoxy groups -OCH3 is 1. The van der Waals surface area contributed by atoms with E-state index in [9.17, 15) is 9.59 Å². The van der Waals surface area contributed by atoms with Gasteiger partial charge >= 0.3 is 0 Å². The maximum absolute atomic E-state index is 14.0. The molecule has 0 atom stereocenters. The third kappa shape index (κ3) is 7.13. The molecule has 8 nitrogen and oxygen atoms in total. The Morgan fingerprint density at radius 3 is 2.43 bits per heavy atom. The first kappa shape index (κ1) is 28.8. The zero-order valence-corrected chi connectivity index (χ0v) is 24.4. The van der Waals surface area contributed by atoms with E-state index in [4.69, 9.17) is 14.2 Å². The van der Waals surface area contributed by atoms with Crippen molar-refractivity contribution in [3.8, 4) is 17.2 Å². The summed E-state index contributed by atoms with van der Waals surface area (Å²) in [6.45, 7) is 6.11. The normalized spacial score (nSPS) is 11.9. The second-order valence-electron chi connectivity index (χ2n) is 10.9. The van der Waals surface area contributed by atoms with Gasteiger partial charge in [0.25, 0.3) is 5.91 Å². The summed E-state index contributed by atoms with van der Waals surface area (Å²) in [6.07, 6.45) is 2.02. The van der Waals surface area contributed by atoms with Gasteiger partial charge in [0.15, 0.2) is 11.5 Å². The van der Waals surface area contributed by atoms with Gasteiger partial charge in [-0.2, -0.15) is 0 Å². The van der Waals surface area contributed by atoms with Crippen LogP contribution in [-0.2, 0) is 24.4 Å². The standard InChI is InChI=1S/C34H37N3O5/c1-25(2)19-37(34(39)28-14-15-31-32(18-28)42-24-41-31)23-33(38)36(20-26-9-5-4-6-10-26)22-29-12-8-16-35(29)21-27-11-7-13-30(17-27)40-3/h4-18,25H,19-24H2,1-3H3. The molecule has 218 valence electrons. The molecular weight excluding hydrogens is 530 g/mol. The Morgan fingerprint density at radius 1 is 0.857 bits per heavy atom. The largest absolute Gasteiger partial charge is 0.497 e. The first-order valence-electron chi connectivity index (χ1n) is 14.2. The number of ether oxygens (including phenoxy) is 3. The van der Waals surface area contributed by atoms with Gasteiger partial charge in [0.2, 0.25) is 12.7 Å². The minimum atomic E-state index is -0.212. The van der Waals surface area contributed by atoms with Gasteiger partial charge in [0.05, 0.1) is 13.7 Å². The Balaban J connectivity index is 1.37. The van der Waals surface area contributed by atoms with Crippen molar-refractivity contribution in [3.05, 3.63) is 114 Å². The molecule has 8 heteroatoms. The number of benzene rings is 3. The van der Waals surface area contributed by atoms with Crippen molar-refractivity contribution >= 4 is 11.8 Å². The molecule has 0 bridgehead atoms. The molecular formula is C34H37N3O5. The van der Waals surface area contributed by atoms with Crippen LogP contribution in [0.1, 0.15) is 41.0 Å². The lowest BCUT2D eigenvalue weighted by molar-refractivity contribution is -0.133. The molecule has 2 heterocycles. The number of fused-ring (bicyclic) bond motifs is 1. The van der Waals surface area contributed by atoms with Crippen LogP contribution in [0, 0.1) is 5.92 Å². The van der Waals surface area contributed by atoms with Crippen LogP contribution in [-0.4, -0.2) is 53.2 Å². The van der Waals surface area contributed by atoms with E-state index < -0.39 is 0 Å². The lowest BCUT2D eigenvalue weighted by atomic mass is 10.1. The fourth-order valence-corrected chi connectivity index (χ4v) is 5.08. The molecule has 1 aliphatic rings. The number of rotatable bonds is 12. The molecule has 0 fully saturated rings. The quantitative estimate of drug-likeness (QED) is 0.223. The summed E-state index contributed by atoms with van der Waals surface area (Å²) in [5.74, 6) is 1.81. The molecule has 1 aliphatic heterocycles. The molecule has 0 radical (unpaired) electrons. The summed E-state index contributed by atoms with van der Waals surface area (Å²) in [7, 11) is 1.66. The van der Waals surface area contributed by atoms with E-state index in [1.165, 1.54) is 0 Å². The number of carbonyl (C=O) groups is 2. The molecule has 0 saturated carbocycles. The second kappa shape index (κ2) is 13.3. The lowest BCUT2D eigenvalue weighted by Crippen LogP contribution is -2.44. The Morgan fingerprint density at radius 2 is 1.64 bits per heavy atom. The maximum Gasteiger partial charge on any atom is 0.254 e. The average Bonchev–Trinajstić information content (AvgIpc) is 3.65. The number of hydrogen-bond acceptors (Lipinski definition) is 5. The van der Waals surface area contributed by atoms with E-state index in [0.717, 1.165) is 22.6 Å². The van der Waals surface area contributed by atoms with Crippen LogP contribution >= 0.6 is 0 Å². The topological polar surface area (TPSA) is 73.2 Å². The highest BCUT2D eigenvalue weighted by atomic mass is 16.7. The van der Waals surface area contributed by atoms with Crippen molar-refractivity contribution in [2.24, 2.45) is 5.92 Å². The van der Waals surface area contributed by atoms with Crippen LogP contribution in [0.15, 0.2) is 91.1 Å². The fraction of sp³-hybridized carbons (Fsp3) is 0.294. The number of nitrogens with zero attached hydrogens (tertiary/aromatic N) is 3. The highest BCUT2D eigenvalue weighted by molar-refractivity contribution is 5.97. The van der Waals surface area contributed by atoms with Crippen molar-refractivity contribution in [2.45, 2.75) is 33.5 Å². The lowest BCUT2D eigenvalue weighted by Gasteiger charge is -2.29. The molecule has 5 rings (SSSR count). The molecule has 3 aromatic carbocycles. The molecule has 0 saturated heterocycles. The van der Waals surface area contributed by atoms with Gasteiger partial charge in [-0.05, 0) is 59.5 Å². The summed E-state index contributed by atoms with van der Waals surface area (Å²) in [6, 6.07) is 27.1. The summed E-state index contributed by atoms with van der Waals surface area (Å²) >= 11 is 0. The van der Waals surface area contributed by atoms with Crippen LogP contribution in [0.25, 0.3) is 0 Å². The number of carbonyl (C=O) groups excluding carboxylic acids is 2. The molecule has 0 unspecified atom stereocenters. The maximum atomic E-state index is 14.0. The number of aromatic nitrogens is 1. The zero-order valence-electron chi connectivity index (χ0n) is 24.4. The molecule has 1 aromatic heterocycles. The number of amides is 2. The van der Waals surface area contributed by atoms with E-state index in [2.05, 4.69) is 10.6 Å². The minimum Gasteiger partial charge on any atom is -0.497 e. The van der Waals surface area contributed by atoms with Crippen molar-refractivity contribution in [2.75, 3.05) is 27.0 Å². The molecule has 0 N–H and O–H groups in total. The SMILES string of the molecule is COc1cccc(Cn2cccc2CN(Cc2ccccc2)C(=O)CN(CC(C)C)C(=O)c2ccc3c(c2)OCO3)c1. The second-order valence-corrected chi connectivity index (χ2v) is 10.9. The van der Waals surface area contributed by atoms with E-state index in [0.29, 0.717) is 43.2 Å². The summed E-state index contributed by atoms with van der Waals surface area (Å²) in [4.78, 5) is 31.1. The predicted molar refractivity (Wildman–Crippen MR) is 161 cm³/mol. The highest BCUT2D eigenvalue weighted by Gasteiger charge is 2.26. The van der Waals surface area contributed by atoms with Crippen LogP contribution in [0.3, 0.4) is 0 Å². The van der Waals surface area contributed by atoms with Crippen molar-refractivity contribution in [3.63, 3.8) is 0 Å². The Kier molecular flexibility index (Phi) is 9.12. The van der Waals surface area contributed by atoms with Crippen molar-refractivity contribution < 1.29 is 23.8 Å². The van der Waals surface area contributed by atoms with Gasteiger partial charge in [-0.1, -0.05) is 56.3 Å². The summed E-state index contributed by atoms with van der Waals surface area (Å²) in [5, 5.41) is 0. The van der Waals surface area contributed by atoms with Gasteiger partial charge in [-0.3, -0.25) is 9.59 Å². The summed E-state index contributed by atoms with van der Waals surface area (Å²) in [5.41, 5.74) is 3.59. The van der Waals surface area contributed by atoms with Gasteiger partial charge in [0, 0.05) is 37.1 Å². The predicted octanol–water partition coefficient (Wildman–Crippen LogP) is 5.60. The zero-order chi connectivity index (χ0) is 29.5. The van der Waals surface area contributed by atoms with E-state index >= 15 is 0 Å². The van der Waals surface area contributed by atoms with Crippen LogP contribution in [0.5, 0.6) is 17.2 Å². The van der Waals surface area contributed by atoms with Gasteiger partial charge in [0.1, 0.15) is 12.3 Å². The first-order chi connectivity index (χ1) is 20.4. The Hall–Kier alpha value is -4.72. The third-order valence-electron chi connectivity index (χ3n) is 7.15. The Labute approximate surface area is 247 Å². The average molecular weight is 568 g/mol. The monoisotopic (exact) mass is 567 g/mol. The third-order valence-corrected chi connectivity index (χ3v) is 7.15. The van der Waals surface area contributed by atoms with Crippen LogP contribution in [0.4, 0.5) is 0 Å². The van der Waals surface area contributed by atoms with E-state index in [-0.39, 0.29) is 31.1 Å². The minimum absolute atomic E-state index is 0.0329. The van der Waals surface area contributed by atoms with Crippen LogP contribution in [0.2, 0.25) is 0 Å². The molecule has 4 aromatic rings. The van der Waals surface area contributed by atoms with Crippen molar-refractivity contribution in [1.29, 1.82) is 0 Å². The van der Waals surface area contributed by atoms with Gasteiger partial charge < -0.3 is 28.6 Å². The molecule has 2 amide bonds. The van der Waals surface area contributed by atoms with Gasteiger partial charge in [-0.15, -0.1) is 0 Å². The van der Waals surface area contributed by atoms with Crippen molar-refractivity contribution in [1.82, 2.24) is 14.4 Å². The highest BCUT2D eigenvalue weighted by Crippen LogP contribution is 2.33.